The molecule has 1 heterocycles. The van der Waals surface area contributed by atoms with E-state index >= 15 is 0 Å². The van der Waals surface area contributed by atoms with E-state index in [9.17, 15) is 14.4 Å². The molecule has 114 valence electrons. The third kappa shape index (κ3) is 6.37. The average Bonchev–Trinajstić information content (AvgIpc) is 2.43. The fourth-order valence-electron chi connectivity index (χ4n) is 1.95. The number of hydrogen-bond acceptors (Lipinski definition) is 4. The molecule has 3 N–H and O–H groups in total. The van der Waals surface area contributed by atoms with Crippen LogP contribution in [0.25, 0.3) is 0 Å². The minimum Gasteiger partial charge on any atom is -0.480 e. The summed E-state index contributed by atoms with van der Waals surface area (Å²) < 4.78 is 5.34. The molecule has 1 aliphatic heterocycles. The molecule has 0 saturated carbocycles. The number of carbonyl (C=O) groups is 3. The third-order valence-corrected chi connectivity index (χ3v) is 2.97. The molecule has 0 aromatic rings. The van der Waals surface area contributed by atoms with Crippen LogP contribution in [0.15, 0.2) is 0 Å². The summed E-state index contributed by atoms with van der Waals surface area (Å²) in [5.41, 5.74) is 0. The largest absolute Gasteiger partial charge is 0.480 e. The number of rotatable bonds is 6. The summed E-state index contributed by atoms with van der Waals surface area (Å²) in [6, 6.07) is -0.360. The maximum Gasteiger partial charge on any atom is 0.322 e. The Hall–Kier alpha value is -1.83. The Kier molecular flexibility index (Phi) is 6.78. The number of carbonyl (C=O) groups excluding carboxylic acids is 2. The van der Waals surface area contributed by atoms with Gasteiger partial charge in [-0.1, -0.05) is 0 Å². The van der Waals surface area contributed by atoms with Crippen molar-refractivity contribution in [2.45, 2.75) is 12.8 Å². The highest BCUT2D eigenvalue weighted by atomic mass is 16.5. The summed E-state index contributed by atoms with van der Waals surface area (Å²) in [4.78, 5) is 34.7. The van der Waals surface area contributed by atoms with E-state index in [1.807, 2.05) is 0 Å². The Bertz CT molecular complexity index is 355. The monoisotopic (exact) mass is 287 g/mol. The van der Waals surface area contributed by atoms with E-state index < -0.39 is 18.4 Å². The average molecular weight is 287 g/mol. The van der Waals surface area contributed by atoms with E-state index in [2.05, 4.69) is 10.6 Å². The van der Waals surface area contributed by atoms with Crippen molar-refractivity contribution in [3.8, 4) is 0 Å². The van der Waals surface area contributed by atoms with Crippen LogP contribution in [0.5, 0.6) is 0 Å². The predicted octanol–water partition coefficient (Wildman–Crippen LogP) is -0.745. The van der Waals surface area contributed by atoms with Crippen molar-refractivity contribution in [2.24, 2.45) is 5.92 Å². The van der Waals surface area contributed by atoms with Gasteiger partial charge in [0.05, 0.1) is 13.2 Å². The van der Waals surface area contributed by atoms with Gasteiger partial charge in [0.15, 0.2) is 0 Å². The number of nitrogens with one attached hydrogen (secondary N) is 2. The molecule has 0 radical (unpaired) electrons. The van der Waals surface area contributed by atoms with Gasteiger partial charge in [0.25, 0.3) is 0 Å². The number of nitrogens with zero attached hydrogens (tertiary/aromatic N) is 1. The fraction of sp³-hybridized carbons (Fsp3) is 0.750. The maximum atomic E-state index is 11.7. The van der Waals surface area contributed by atoms with Gasteiger partial charge in [-0.3, -0.25) is 9.59 Å². The molecule has 0 aromatic heterocycles. The first-order valence-corrected chi connectivity index (χ1v) is 6.54. The summed E-state index contributed by atoms with van der Waals surface area (Å²) in [6.45, 7) is 1.30. The number of aliphatic carboxylic acids is 1. The van der Waals surface area contributed by atoms with E-state index in [4.69, 9.17) is 9.84 Å². The normalized spacial score (nSPS) is 18.1. The second-order valence-corrected chi connectivity index (χ2v) is 4.79. The number of ether oxygens (including phenoxy) is 1. The summed E-state index contributed by atoms with van der Waals surface area (Å²) >= 11 is 0. The van der Waals surface area contributed by atoms with Crippen molar-refractivity contribution in [3.63, 3.8) is 0 Å². The molecule has 1 rings (SSSR count). The lowest BCUT2D eigenvalue weighted by Gasteiger charge is -2.27. The first-order chi connectivity index (χ1) is 9.49. The molecule has 8 nitrogen and oxygen atoms in total. The van der Waals surface area contributed by atoms with Gasteiger partial charge >= 0.3 is 12.0 Å². The summed E-state index contributed by atoms with van der Waals surface area (Å²) in [5.74, 6) is -1.34. The number of hydrogen-bond donors (Lipinski definition) is 3. The van der Waals surface area contributed by atoms with Crippen LogP contribution in [0.1, 0.15) is 12.8 Å². The zero-order chi connectivity index (χ0) is 15.0. The molecule has 0 bridgehead atoms. The molecule has 1 aliphatic rings. The van der Waals surface area contributed by atoms with Crippen LogP contribution in [0, 0.1) is 5.92 Å². The topological polar surface area (TPSA) is 108 Å². The minimum absolute atomic E-state index is 0.238. The zero-order valence-electron chi connectivity index (χ0n) is 11.6. The lowest BCUT2D eigenvalue weighted by Crippen LogP contribution is -2.45. The highest BCUT2D eigenvalue weighted by Crippen LogP contribution is 2.14. The van der Waals surface area contributed by atoms with Crippen LogP contribution >= 0.6 is 0 Å². The van der Waals surface area contributed by atoms with Crippen molar-refractivity contribution in [3.05, 3.63) is 0 Å². The van der Waals surface area contributed by atoms with Crippen LogP contribution in [0.3, 0.4) is 0 Å². The molecular formula is C12H21N3O5. The van der Waals surface area contributed by atoms with Gasteiger partial charge < -0.3 is 25.4 Å². The summed E-state index contributed by atoms with van der Waals surface area (Å²) in [6.07, 6.45) is 2.02. The number of urea groups is 1. The Morgan fingerprint density at radius 3 is 2.65 bits per heavy atom. The molecule has 1 unspecified atom stereocenters. The Balaban J connectivity index is 2.20. The van der Waals surface area contributed by atoms with Crippen LogP contribution in [0.2, 0.25) is 0 Å². The smallest absolute Gasteiger partial charge is 0.322 e. The van der Waals surface area contributed by atoms with Crippen LogP contribution in [-0.4, -0.2) is 67.8 Å². The van der Waals surface area contributed by atoms with Crippen molar-refractivity contribution < 1.29 is 24.2 Å². The Morgan fingerprint density at radius 1 is 1.30 bits per heavy atom. The number of carboxylic acid groups (broad SMARTS) is 1. The van der Waals surface area contributed by atoms with Gasteiger partial charge in [-0.2, -0.15) is 0 Å². The molecule has 1 fully saturated rings. The van der Waals surface area contributed by atoms with E-state index in [0.29, 0.717) is 19.1 Å². The molecule has 0 aromatic carbocycles. The highest BCUT2D eigenvalue weighted by molar-refractivity contribution is 5.86. The van der Waals surface area contributed by atoms with Crippen LogP contribution < -0.4 is 10.6 Å². The van der Waals surface area contributed by atoms with Gasteiger partial charge in [-0.15, -0.1) is 0 Å². The van der Waals surface area contributed by atoms with Gasteiger partial charge in [0, 0.05) is 26.1 Å². The van der Waals surface area contributed by atoms with Crippen molar-refractivity contribution in [2.75, 3.05) is 39.9 Å². The number of amides is 3. The third-order valence-electron chi connectivity index (χ3n) is 2.97. The lowest BCUT2D eigenvalue weighted by atomic mass is 10.0. The first kappa shape index (κ1) is 16.2. The van der Waals surface area contributed by atoms with Crippen LogP contribution in [0.4, 0.5) is 4.79 Å². The van der Waals surface area contributed by atoms with Crippen molar-refractivity contribution >= 4 is 17.9 Å². The van der Waals surface area contributed by atoms with Gasteiger partial charge in [-0.25, -0.2) is 4.79 Å². The summed E-state index contributed by atoms with van der Waals surface area (Å²) in [7, 11) is 1.65. The molecule has 1 atom stereocenters. The minimum atomic E-state index is -1.13. The molecular weight excluding hydrogens is 266 g/mol. The van der Waals surface area contributed by atoms with Gasteiger partial charge in [0.1, 0.15) is 6.54 Å². The molecule has 3 amide bonds. The molecule has 20 heavy (non-hydrogen) atoms. The predicted molar refractivity (Wildman–Crippen MR) is 70.2 cm³/mol. The standard InChI is InChI=1S/C12H21N3O5/c1-15(7-9-3-2-4-20-8-9)12(19)14-5-10(16)13-6-11(17)18/h9H,2-8H2,1H3,(H,13,16)(H,14,19)(H,17,18). The van der Waals surface area contributed by atoms with E-state index in [0.717, 1.165) is 19.4 Å². The first-order valence-electron chi connectivity index (χ1n) is 6.54. The van der Waals surface area contributed by atoms with Crippen molar-refractivity contribution in [1.29, 1.82) is 0 Å². The lowest BCUT2D eigenvalue weighted by molar-refractivity contribution is -0.137. The Labute approximate surface area is 117 Å². The number of carboxylic acids is 1. The summed E-state index contributed by atoms with van der Waals surface area (Å²) in [5, 5.41) is 13.0. The second kappa shape index (κ2) is 8.36. The van der Waals surface area contributed by atoms with E-state index in [1.165, 1.54) is 4.90 Å². The van der Waals surface area contributed by atoms with Gasteiger partial charge in [-0.05, 0) is 12.8 Å². The van der Waals surface area contributed by atoms with E-state index in [1.54, 1.807) is 7.05 Å². The second-order valence-electron chi connectivity index (χ2n) is 4.79. The highest BCUT2D eigenvalue weighted by Gasteiger charge is 2.18. The SMILES string of the molecule is CN(CC1CCCOC1)C(=O)NCC(=O)NCC(=O)O. The Morgan fingerprint density at radius 2 is 2.05 bits per heavy atom. The van der Waals surface area contributed by atoms with Gasteiger partial charge in [0.2, 0.25) is 5.91 Å². The quantitative estimate of drug-likeness (QED) is 0.596. The van der Waals surface area contributed by atoms with Crippen molar-refractivity contribution in [1.82, 2.24) is 15.5 Å². The van der Waals surface area contributed by atoms with Crippen LogP contribution in [-0.2, 0) is 14.3 Å². The fourth-order valence-corrected chi connectivity index (χ4v) is 1.95. The maximum absolute atomic E-state index is 11.7. The molecule has 0 spiro atoms. The molecule has 0 aliphatic carbocycles. The zero-order valence-corrected chi connectivity index (χ0v) is 11.6. The van der Waals surface area contributed by atoms with E-state index in [-0.39, 0.29) is 12.6 Å². The molecule has 8 heteroatoms. The molecule has 1 saturated heterocycles.